The highest BCUT2D eigenvalue weighted by Gasteiger charge is 2.08. The zero-order valence-corrected chi connectivity index (χ0v) is 11.8. The predicted molar refractivity (Wildman–Crippen MR) is 76.0 cm³/mol. The van der Waals surface area contributed by atoms with E-state index in [-0.39, 0.29) is 12.4 Å². The highest BCUT2D eigenvalue weighted by molar-refractivity contribution is 7.14. The minimum absolute atomic E-state index is 0.0339. The average Bonchev–Trinajstić information content (AvgIpc) is 2.86. The summed E-state index contributed by atoms with van der Waals surface area (Å²) in [6.07, 6.45) is 0. The van der Waals surface area contributed by atoms with Gasteiger partial charge in [-0.1, -0.05) is 12.1 Å². The molecule has 1 aromatic carbocycles. The molecule has 0 amide bonds. The van der Waals surface area contributed by atoms with Gasteiger partial charge in [0.2, 0.25) is 0 Å². The van der Waals surface area contributed by atoms with E-state index in [1.165, 1.54) is 11.3 Å². The maximum Gasteiger partial charge on any atom is 0.198 e. The highest BCUT2D eigenvalue weighted by atomic mass is 32.1. The fraction of sp³-hybridized carbons (Fsp3) is 0.267. The first-order valence-corrected chi connectivity index (χ1v) is 6.81. The molecule has 2 rings (SSSR count). The number of benzene rings is 1. The van der Waals surface area contributed by atoms with Crippen LogP contribution in [-0.4, -0.2) is 19.5 Å². The molecule has 1 heterocycles. The first-order valence-electron chi connectivity index (χ1n) is 5.99. The molecular weight excluding hydrogens is 260 g/mol. The standard InChI is InChI=1S/C15H16O3S/c1-11-3-8-15(19-11)14(16)10-18-9-12-4-6-13(17-2)7-5-12/h3-8H,9-10H2,1-2H3. The summed E-state index contributed by atoms with van der Waals surface area (Å²) in [5, 5.41) is 0. The Balaban J connectivity index is 1.81. The van der Waals surface area contributed by atoms with E-state index in [0.717, 1.165) is 21.1 Å². The Morgan fingerprint density at radius 2 is 1.89 bits per heavy atom. The average molecular weight is 276 g/mol. The van der Waals surface area contributed by atoms with Crippen molar-refractivity contribution in [2.24, 2.45) is 0 Å². The lowest BCUT2D eigenvalue weighted by atomic mass is 10.2. The molecule has 0 N–H and O–H groups in total. The van der Waals surface area contributed by atoms with Crippen LogP contribution in [0.4, 0.5) is 0 Å². The van der Waals surface area contributed by atoms with Crippen molar-refractivity contribution in [1.82, 2.24) is 0 Å². The zero-order chi connectivity index (χ0) is 13.7. The number of carbonyl (C=O) groups is 1. The van der Waals surface area contributed by atoms with Crippen molar-refractivity contribution in [2.45, 2.75) is 13.5 Å². The van der Waals surface area contributed by atoms with Crippen LogP contribution in [0.5, 0.6) is 5.75 Å². The summed E-state index contributed by atoms with van der Waals surface area (Å²) in [4.78, 5) is 13.7. The Labute approximate surface area is 116 Å². The normalized spacial score (nSPS) is 10.4. The highest BCUT2D eigenvalue weighted by Crippen LogP contribution is 2.16. The lowest BCUT2D eigenvalue weighted by Gasteiger charge is -2.04. The summed E-state index contributed by atoms with van der Waals surface area (Å²) < 4.78 is 10.5. The van der Waals surface area contributed by atoms with Crippen LogP contribution in [0.15, 0.2) is 36.4 Å². The number of thiophene rings is 1. The second-order valence-electron chi connectivity index (χ2n) is 4.17. The van der Waals surface area contributed by atoms with E-state index < -0.39 is 0 Å². The number of Topliss-reactive ketones (excluding diaryl/α,β-unsaturated/α-hetero) is 1. The molecule has 0 fully saturated rings. The summed E-state index contributed by atoms with van der Waals surface area (Å²) >= 11 is 1.50. The summed E-state index contributed by atoms with van der Waals surface area (Å²) in [5.41, 5.74) is 1.02. The lowest BCUT2D eigenvalue weighted by Crippen LogP contribution is -2.07. The molecule has 1 aromatic heterocycles. The van der Waals surface area contributed by atoms with E-state index in [1.807, 2.05) is 43.3 Å². The minimum Gasteiger partial charge on any atom is -0.497 e. The quantitative estimate of drug-likeness (QED) is 0.758. The van der Waals surface area contributed by atoms with Gasteiger partial charge in [0, 0.05) is 4.88 Å². The topological polar surface area (TPSA) is 35.5 Å². The number of ketones is 1. The van der Waals surface area contributed by atoms with E-state index in [0.29, 0.717) is 6.61 Å². The van der Waals surface area contributed by atoms with Gasteiger partial charge in [0.25, 0.3) is 0 Å². The Kier molecular flexibility index (Phi) is 4.71. The van der Waals surface area contributed by atoms with E-state index in [1.54, 1.807) is 7.11 Å². The second-order valence-corrected chi connectivity index (χ2v) is 5.46. The second kappa shape index (κ2) is 6.50. The van der Waals surface area contributed by atoms with Gasteiger partial charge in [0.15, 0.2) is 5.78 Å². The van der Waals surface area contributed by atoms with Crippen LogP contribution in [-0.2, 0) is 11.3 Å². The van der Waals surface area contributed by atoms with Crippen LogP contribution in [0.1, 0.15) is 20.1 Å². The van der Waals surface area contributed by atoms with Crippen molar-refractivity contribution in [3.05, 3.63) is 51.7 Å². The minimum atomic E-state index is 0.0339. The molecule has 0 aliphatic rings. The van der Waals surface area contributed by atoms with Crippen LogP contribution in [0.2, 0.25) is 0 Å². The van der Waals surface area contributed by atoms with Gasteiger partial charge in [0.1, 0.15) is 12.4 Å². The number of methoxy groups -OCH3 is 1. The zero-order valence-electron chi connectivity index (χ0n) is 11.0. The monoisotopic (exact) mass is 276 g/mol. The van der Waals surface area contributed by atoms with E-state index in [9.17, 15) is 4.79 Å². The van der Waals surface area contributed by atoms with Gasteiger partial charge in [0.05, 0.1) is 18.6 Å². The molecule has 4 heteroatoms. The number of carbonyl (C=O) groups excluding carboxylic acids is 1. The Morgan fingerprint density at radius 3 is 2.47 bits per heavy atom. The third-order valence-electron chi connectivity index (χ3n) is 2.68. The van der Waals surface area contributed by atoms with Gasteiger partial charge >= 0.3 is 0 Å². The fourth-order valence-electron chi connectivity index (χ4n) is 1.64. The van der Waals surface area contributed by atoms with Crippen molar-refractivity contribution < 1.29 is 14.3 Å². The maximum atomic E-state index is 11.8. The van der Waals surface area contributed by atoms with Crippen LogP contribution in [0.25, 0.3) is 0 Å². The first-order chi connectivity index (χ1) is 9.19. The van der Waals surface area contributed by atoms with Gasteiger partial charge in [-0.25, -0.2) is 0 Å². The predicted octanol–water partition coefficient (Wildman–Crippen LogP) is 3.46. The van der Waals surface area contributed by atoms with Crippen molar-refractivity contribution in [3.63, 3.8) is 0 Å². The van der Waals surface area contributed by atoms with Gasteiger partial charge < -0.3 is 9.47 Å². The van der Waals surface area contributed by atoms with E-state index in [4.69, 9.17) is 9.47 Å². The third kappa shape index (κ3) is 3.91. The van der Waals surface area contributed by atoms with Crippen molar-refractivity contribution in [3.8, 4) is 5.75 Å². The molecule has 3 nitrogen and oxygen atoms in total. The van der Waals surface area contributed by atoms with Gasteiger partial charge in [-0.05, 0) is 36.8 Å². The SMILES string of the molecule is COc1ccc(COCC(=O)c2ccc(C)s2)cc1. The number of rotatable bonds is 6. The van der Waals surface area contributed by atoms with Crippen LogP contribution >= 0.6 is 11.3 Å². The smallest absolute Gasteiger partial charge is 0.198 e. The molecule has 0 unspecified atom stereocenters. The molecule has 0 saturated heterocycles. The Bertz CT molecular complexity index is 543. The third-order valence-corrected chi connectivity index (χ3v) is 3.72. The van der Waals surface area contributed by atoms with Crippen molar-refractivity contribution in [2.75, 3.05) is 13.7 Å². The Hall–Kier alpha value is -1.65. The van der Waals surface area contributed by atoms with Crippen LogP contribution in [0.3, 0.4) is 0 Å². The van der Waals surface area contributed by atoms with Gasteiger partial charge in [-0.3, -0.25) is 4.79 Å². The van der Waals surface area contributed by atoms with Gasteiger partial charge in [-0.15, -0.1) is 11.3 Å². The molecule has 0 spiro atoms. The van der Waals surface area contributed by atoms with Crippen LogP contribution in [0, 0.1) is 6.92 Å². The molecule has 0 atom stereocenters. The molecule has 19 heavy (non-hydrogen) atoms. The molecule has 0 bridgehead atoms. The number of hydrogen-bond acceptors (Lipinski definition) is 4. The van der Waals surface area contributed by atoms with Crippen molar-refractivity contribution in [1.29, 1.82) is 0 Å². The van der Waals surface area contributed by atoms with Gasteiger partial charge in [-0.2, -0.15) is 0 Å². The number of ether oxygens (including phenoxy) is 2. The summed E-state index contributed by atoms with van der Waals surface area (Å²) in [6, 6.07) is 11.4. The molecular formula is C15H16O3S. The maximum absolute atomic E-state index is 11.8. The van der Waals surface area contributed by atoms with E-state index in [2.05, 4.69) is 0 Å². The largest absolute Gasteiger partial charge is 0.497 e. The molecule has 0 aliphatic heterocycles. The molecule has 100 valence electrons. The number of aryl methyl sites for hydroxylation is 1. The molecule has 0 radical (unpaired) electrons. The van der Waals surface area contributed by atoms with Crippen LogP contribution < -0.4 is 4.74 Å². The molecule has 0 saturated carbocycles. The Morgan fingerprint density at radius 1 is 1.16 bits per heavy atom. The first kappa shape index (κ1) is 13.8. The lowest BCUT2D eigenvalue weighted by molar-refractivity contribution is 0.0730. The molecule has 0 aliphatic carbocycles. The number of hydrogen-bond donors (Lipinski definition) is 0. The molecule has 2 aromatic rings. The van der Waals surface area contributed by atoms with E-state index >= 15 is 0 Å². The summed E-state index contributed by atoms with van der Waals surface area (Å²) in [6.45, 7) is 2.53. The summed E-state index contributed by atoms with van der Waals surface area (Å²) in [5.74, 6) is 0.848. The fourth-order valence-corrected chi connectivity index (χ4v) is 2.43. The summed E-state index contributed by atoms with van der Waals surface area (Å²) in [7, 11) is 1.63. The van der Waals surface area contributed by atoms with Crippen molar-refractivity contribution >= 4 is 17.1 Å².